The normalized spacial score (nSPS) is 15.1. The maximum Gasteiger partial charge on any atom is 0.410 e. The molecule has 0 spiro atoms. The van der Waals surface area contributed by atoms with E-state index in [0.29, 0.717) is 59.8 Å². The van der Waals surface area contributed by atoms with Gasteiger partial charge < -0.3 is 25.6 Å². The molecule has 41 heavy (non-hydrogen) atoms. The number of aromatic nitrogens is 1. The van der Waals surface area contributed by atoms with Crippen molar-refractivity contribution in [2.24, 2.45) is 0 Å². The van der Waals surface area contributed by atoms with Crippen LogP contribution in [-0.4, -0.2) is 77.1 Å². The molecule has 0 bridgehead atoms. The number of nitrogens with one attached hydrogen (secondary N) is 3. The Morgan fingerprint density at radius 1 is 1.12 bits per heavy atom. The van der Waals surface area contributed by atoms with Crippen LogP contribution in [0.25, 0.3) is 11.8 Å². The summed E-state index contributed by atoms with van der Waals surface area (Å²) in [6, 6.07) is 8.98. The predicted molar refractivity (Wildman–Crippen MR) is 159 cm³/mol. The maximum atomic E-state index is 12.9. The fourth-order valence-corrected chi connectivity index (χ4v) is 5.18. The van der Waals surface area contributed by atoms with E-state index in [1.54, 1.807) is 43.0 Å². The summed E-state index contributed by atoms with van der Waals surface area (Å²) in [5.41, 5.74) is 0.247. The monoisotopic (exact) mass is 583 g/mol. The summed E-state index contributed by atoms with van der Waals surface area (Å²) in [6.45, 7) is 12.0. The summed E-state index contributed by atoms with van der Waals surface area (Å²) in [5, 5.41) is 18.1. The molecule has 13 heteroatoms. The molecule has 2 aromatic rings. The van der Waals surface area contributed by atoms with E-state index in [1.165, 1.54) is 10.8 Å². The molecule has 1 aliphatic rings. The van der Waals surface area contributed by atoms with Crippen molar-refractivity contribution in [2.75, 3.05) is 49.9 Å². The van der Waals surface area contributed by atoms with Gasteiger partial charge in [-0.3, -0.25) is 23.9 Å². The van der Waals surface area contributed by atoms with Gasteiger partial charge in [-0.05, 0) is 52.8 Å². The van der Waals surface area contributed by atoms with Gasteiger partial charge in [-0.1, -0.05) is 6.07 Å². The highest BCUT2D eigenvalue weighted by atomic mass is 32.1. The van der Waals surface area contributed by atoms with Gasteiger partial charge in [0.15, 0.2) is 5.57 Å². The molecule has 1 fully saturated rings. The number of nitrogens with zero attached hydrogens (tertiary/aromatic N) is 4. The number of ether oxygens (including phenoxy) is 1. The van der Waals surface area contributed by atoms with Crippen LogP contribution >= 0.6 is 11.3 Å². The van der Waals surface area contributed by atoms with Gasteiger partial charge in [-0.15, -0.1) is 11.3 Å². The molecule has 0 aliphatic carbocycles. The minimum Gasteiger partial charge on any atom is -0.444 e. The molecule has 0 atom stereocenters. The van der Waals surface area contributed by atoms with E-state index in [-0.39, 0.29) is 29.7 Å². The van der Waals surface area contributed by atoms with E-state index in [1.807, 2.05) is 31.7 Å². The minimum absolute atomic E-state index is 0.105. The van der Waals surface area contributed by atoms with Crippen molar-refractivity contribution in [3.8, 4) is 6.07 Å². The van der Waals surface area contributed by atoms with Crippen LogP contribution in [0.1, 0.15) is 34.6 Å². The minimum atomic E-state index is -0.553. The Kier molecular flexibility index (Phi) is 10.7. The van der Waals surface area contributed by atoms with E-state index in [9.17, 15) is 24.4 Å². The molecule has 1 aromatic carbocycles. The predicted octanol–water partition coefficient (Wildman–Crippen LogP) is 1.08. The number of carbonyl (C=O) groups is 3. The first-order valence-electron chi connectivity index (χ1n) is 13.4. The molecule has 0 unspecified atom stereocenters. The number of thiazole rings is 1. The summed E-state index contributed by atoms with van der Waals surface area (Å²) < 4.78 is 7.45. The van der Waals surface area contributed by atoms with Crippen LogP contribution in [0.5, 0.6) is 0 Å². The second-order valence-corrected chi connectivity index (χ2v) is 11.4. The number of hydrogen-bond acceptors (Lipinski definition) is 9. The number of anilines is 2. The number of rotatable bonds is 8. The van der Waals surface area contributed by atoms with E-state index in [4.69, 9.17) is 4.74 Å². The Hall–Kier alpha value is -4.15. The Morgan fingerprint density at radius 2 is 1.80 bits per heavy atom. The highest BCUT2D eigenvalue weighted by Gasteiger charge is 2.26. The van der Waals surface area contributed by atoms with Crippen LogP contribution < -0.4 is 30.7 Å². The highest BCUT2D eigenvalue weighted by Crippen LogP contribution is 2.16. The summed E-state index contributed by atoms with van der Waals surface area (Å²) in [6.07, 6.45) is 1.18. The van der Waals surface area contributed by atoms with Crippen LogP contribution in [0.3, 0.4) is 0 Å². The molecule has 3 amide bonds. The molecule has 0 saturated carbocycles. The van der Waals surface area contributed by atoms with Gasteiger partial charge in [0, 0.05) is 56.8 Å². The van der Waals surface area contributed by atoms with Crippen molar-refractivity contribution in [1.82, 2.24) is 19.7 Å². The van der Waals surface area contributed by atoms with Crippen molar-refractivity contribution < 1.29 is 19.1 Å². The average Bonchev–Trinajstić information content (AvgIpc) is 3.22. The van der Waals surface area contributed by atoms with E-state index in [0.717, 1.165) is 11.3 Å². The second kappa shape index (κ2) is 14.0. The zero-order chi connectivity index (χ0) is 30.2. The number of piperazine rings is 1. The lowest BCUT2D eigenvalue weighted by molar-refractivity contribution is -0.117. The van der Waals surface area contributed by atoms with Crippen LogP contribution in [-0.2, 0) is 20.9 Å². The van der Waals surface area contributed by atoms with Crippen LogP contribution in [0.2, 0.25) is 0 Å². The Labute approximate surface area is 242 Å². The number of carbonyl (C=O) groups excluding carboxylic acids is 3. The van der Waals surface area contributed by atoms with Gasteiger partial charge in [0.25, 0.3) is 11.5 Å². The Bertz CT molecular complexity index is 1490. The summed E-state index contributed by atoms with van der Waals surface area (Å²) >= 11 is 1.06. The largest absolute Gasteiger partial charge is 0.444 e. The average molecular weight is 584 g/mol. The molecular weight excluding hydrogens is 546 g/mol. The summed E-state index contributed by atoms with van der Waals surface area (Å²) in [4.78, 5) is 53.8. The van der Waals surface area contributed by atoms with Crippen molar-refractivity contribution in [3.63, 3.8) is 0 Å². The molecule has 3 N–H and O–H groups in total. The van der Waals surface area contributed by atoms with Crippen molar-refractivity contribution >= 4 is 52.4 Å². The van der Waals surface area contributed by atoms with Crippen molar-refractivity contribution in [3.05, 3.63) is 43.8 Å². The fraction of sp³-hybridized carbons (Fsp3) is 0.464. The first kappa shape index (κ1) is 31.4. The zero-order valence-corrected chi connectivity index (χ0v) is 24.9. The van der Waals surface area contributed by atoms with Gasteiger partial charge in [0.05, 0.1) is 6.54 Å². The Balaban J connectivity index is 1.65. The van der Waals surface area contributed by atoms with Crippen molar-refractivity contribution in [1.29, 1.82) is 5.26 Å². The van der Waals surface area contributed by atoms with E-state index < -0.39 is 11.5 Å². The van der Waals surface area contributed by atoms with Gasteiger partial charge in [0.1, 0.15) is 20.9 Å². The highest BCUT2D eigenvalue weighted by molar-refractivity contribution is 7.07. The topological polar surface area (TPSA) is 149 Å². The first-order valence-corrected chi connectivity index (χ1v) is 14.3. The summed E-state index contributed by atoms with van der Waals surface area (Å²) in [7, 11) is 0. The van der Waals surface area contributed by atoms with Gasteiger partial charge >= 0.3 is 6.09 Å². The molecule has 3 rings (SSSR count). The lowest BCUT2D eigenvalue weighted by Gasteiger charge is -2.35. The van der Waals surface area contributed by atoms with E-state index in [2.05, 4.69) is 16.0 Å². The fourth-order valence-electron chi connectivity index (χ4n) is 4.09. The molecular formula is C28H37N7O5S. The second-order valence-electron chi connectivity index (χ2n) is 10.3. The molecule has 220 valence electrons. The molecule has 1 aromatic heterocycles. The SMILES string of the molecule is CCNC(=O)C(C#N)=c1sc(=CNc2cccc(NC(=O)CN3CCN(C(=O)OC(C)(C)C)CC3)c2)c(=O)n1CC. The first-order chi connectivity index (χ1) is 19.4. The lowest BCUT2D eigenvalue weighted by Crippen LogP contribution is -2.51. The number of amides is 3. The van der Waals surface area contributed by atoms with Gasteiger partial charge in [-0.25, -0.2) is 4.79 Å². The third-order valence-electron chi connectivity index (χ3n) is 6.02. The van der Waals surface area contributed by atoms with Crippen LogP contribution in [0.4, 0.5) is 16.2 Å². The molecule has 2 heterocycles. The summed E-state index contributed by atoms with van der Waals surface area (Å²) in [5.74, 6) is -0.707. The third kappa shape index (κ3) is 8.67. The number of nitriles is 1. The van der Waals surface area contributed by atoms with Crippen LogP contribution in [0, 0.1) is 11.3 Å². The number of benzene rings is 1. The molecule has 12 nitrogen and oxygen atoms in total. The zero-order valence-electron chi connectivity index (χ0n) is 24.1. The molecule has 0 radical (unpaired) electrons. The van der Waals surface area contributed by atoms with Gasteiger partial charge in [-0.2, -0.15) is 5.26 Å². The van der Waals surface area contributed by atoms with Gasteiger partial charge in [0.2, 0.25) is 5.91 Å². The lowest BCUT2D eigenvalue weighted by atomic mass is 10.2. The van der Waals surface area contributed by atoms with Crippen molar-refractivity contribution in [2.45, 2.75) is 46.8 Å². The Morgan fingerprint density at radius 3 is 2.41 bits per heavy atom. The smallest absolute Gasteiger partial charge is 0.410 e. The van der Waals surface area contributed by atoms with Crippen LogP contribution in [0.15, 0.2) is 29.1 Å². The number of hydrogen-bond donors (Lipinski definition) is 3. The standard InChI is InChI=1S/C28H37N7O5S/c1-6-30-24(37)21(16-29)26-35(7-2)25(38)22(41-26)17-31-19-9-8-10-20(15-19)32-23(36)18-33-11-13-34(14-12-33)27(39)40-28(3,4)5/h8-10,15,17,31H,6-7,11-14,18H2,1-5H3,(H,30,37)(H,32,36). The maximum absolute atomic E-state index is 12.9. The molecule has 1 saturated heterocycles. The van der Waals surface area contributed by atoms with E-state index >= 15 is 0 Å². The quantitative estimate of drug-likeness (QED) is 0.418. The third-order valence-corrected chi connectivity index (χ3v) is 7.15. The molecule has 1 aliphatic heterocycles.